The lowest BCUT2D eigenvalue weighted by Crippen LogP contribution is -2.24. The van der Waals surface area contributed by atoms with Gasteiger partial charge in [-0.15, -0.1) is 0 Å². The van der Waals surface area contributed by atoms with Crippen molar-refractivity contribution in [3.63, 3.8) is 0 Å². The predicted octanol–water partition coefficient (Wildman–Crippen LogP) is 6.48. The summed E-state index contributed by atoms with van der Waals surface area (Å²) in [6, 6.07) is 8.92. The molecule has 1 saturated carbocycles. The first-order valence-electron chi connectivity index (χ1n) is 13.0. The summed E-state index contributed by atoms with van der Waals surface area (Å²) < 4.78 is 21.4. The molecule has 0 unspecified atom stereocenters. The van der Waals surface area contributed by atoms with Crippen molar-refractivity contribution in [2.75, 3.05) is 5.32 Å². The molecule has 3 N–H and O–H groups in total. The quantitative estimate of drug-likeness (QED) is 0.238. The van der Waals surface area contributed by atoms with E-state index in [1.165, 1.54) is 6.42 Å². The van der Waals surface area contributed by atoms with Crippen LogP contribution in [0.1, 0.15) is 32.1 Å². The summed E-state index contributed by atoms with van der Waals surface area (Å²) >= 11 is 0. The molecule has 194 valence electrons. The zero-order chi connectivity index (χ0) is 26.3. The normalized spacial score (nSPS) is 14.3. The molecule has 1 aliphatic carbocycles. The molecule has 1 amide bonds. The Balaban J connectivity index is 1.26. The molecular weight excluding hydrogens is 497 g/mol. The number of fused-ring (bicyclic) bond motifs is 2. The number of imidazole rings is 1. The number of pyridine rings is 2. The molecule has 0 saturated heterocycles. The van der Waals surface area contributed by atoms with E-state index in [-0.39, 0.29) is 11.8 Å². The summed E-state index contributed by atoms with van der Waals surface area (Å²) in [7, 11) is 0. The van der Waals surface area contributed by atoms with Crippen molar-refractivity contribution in [3.8, 4) is 33.8 Å². The Kier molecular flexibility index (Phi) is 5.65. The average Bonchev–Trinajstić information content (AvgIpc) is 3.73. The number of benzene rings is 1. The van der Waals surface area contributed by atoms with E-state index in [0.717, 1.165) is 36.8 Å². The van der Waals surface area contributed by atoms with Gasteiger partial charge in [-0.2, -0.15) is 5.10 Å². The number of carbonyl (C=O) groups is 1. The number of nitrogens with zero attached hydrogens (tertiary/aromatic N) is 4. The number of halogens is 1. The number of nitrogens with one attached hydrogen (secondary N) is 3. The number of aromatic amines is 2. The molecule has 1 aromatic carbocycles. The highest BCUT2D eigenvalue weighted by Crippen LogP contribution is 2.35. The van der Waals surface area contributed by atoms with Crippen LogP contribution in [0.2, 0.25) is 0 Å². The lowest BCUT2D eigenvalue weighted by molar-refractivity contribution is -0.120. The Morgan fingerprint density at radius 1 is 1.05 bits per heavy atom. The zero-order valence-electron chi connectivity index (χ0n) is 20.9. The number of hydrogen-bond acceptors (Lipinski definition) is 6. The van der Waals surface area contributed by atoms with Crippen LogP contribution in [0.3, 0.4) is 0 Å². The number of carbonyl (C=O) groups excluding carboxylic acids is 1. The van der Waals surface area contributed by atoms with Gasteiger partial charge in [0, 0.05) is 40.6 Å². The van der Waals surface area contributed by atoms with Crippen molar-refractivity contribution < 1.29 is 13.6 Å². The second-order valence-electron chi connectivity index (χ2n) is 9.86. The summed E-state index contributed by atoms with van der Waals surface area (Å²) in [4.78, 5) is 29.3. The third-order valence-corrected chi connectivity index (χ3v) is 7.41. The van der Waals surface area contributed by atoms with E-state index in [9.17, 15) is 4.79 Å². The van der Waals surface area contributed by atoms with E-state index in [1.807, 2.05) is 12.1 Å². The van der Waals surface area contributed by atoms with Gasteiger partial charge in [-0.25, -0.2) is 14.4 Å². The molecule has 5 aromatic heterocycles. The lowest BCUT2D eigenvalue weighted by Gasteiger charge is -2.20. The molecule has 39 heavy (non-hydrogen) atoms. The lowest BCUT2D eigenvalue weighted by atomic mass is 9.88. The van der Waals surface area contributed by atoms with E-state index in [1.54, 1.807) is 49.3 Å². The third kappa shape index (κ3) is 4.14. The summed E-state index contributed by atoms with van der Waals surface area (Å²) in [6.45, 7) is 0. The van der Waals surface area contributed by atoms with Crippen molar-refractivity contribution >= 4 is 33.7 Å². The van der Waals surface area contributed by atoms with Crippen molar-refractivity contribution in [2.45, 2.75) is 32.1 Å². The monoisotopic (exact) mass is 521 g/mol. The second kappa shape index (κ2) is 9.46. The summed E-state index contributed by atoms with van der Waals surface area (Å²) in [5.41, 5.74) is 5.25. The van der Waals surface area contributed by atoms with Crippen LogP contribution >= 0.6 is 0 Å². The van der Waals surface area contributed by atoms with Gasteiger partial charge in [0.15, 0.2) is 11.5 Å². The van der Waals surface area contributed by atoms with Gasteiger partial charge >= 0.3 is 0 Å². The maximum atomic E-state index is 16.1. The predicted molar refractivity (Wildman–Crippen MR) is 145 cm³/mol. The van der Waals surface area contributed by atoms with Gasteiger partial charge in [-0.3, -0.25) is 14.9 Å². The van der Waals surface area contributed by atoms with Crippen LogP contribution < -0.4 is 5.32 Å². The van der Waals surface area contributed by atoms with Gasteiger partial charge in [-0.05, 0) is 43.2 Å². The van der Waals surface area contributed by atoms with Crippen LogP contribution in [0.5, 0.6) is 0 Å². The molecular formula is C29H24FN7O2. The Morgan fingerprint density at radius 3 is 2.79 bits per heavy atom. The highest BCUT2D eigenvalue weighted by molar-refractivity contribution is 5.98. The van der Waals surface area contributed by atoms with Gasteiger partial charge in [-0.1, -0.05) is 19.3 Å². The smallest absolute Gasteiger partial charge is 0.227 e. The molecule has 7 rings (SSSR count). The van der Waals surface area contributed by atoms with Crippen LogP contribution in [0.25, 0.3) is 55.8 Å². The number of anilines is 1. The fraction of sp³-hybridized carbons (Fsp3) is 0.207. The maximum Gasteiger partial charge on any atom is 0.227 e. The standard InChI is InChI=1S/C29H24FN7O2/c30-24-20(18-12-19(14-31-13-18)33-29(38)16-4-2-1-3-5-16)6-7-22-23(24)26(37-36-22)28-34-25-21(17-9-11-39-15-17)8-10-32-27(25)35-28/h6-16H,1-5H2,(H,33,38)(H,36,37)(H,32,34,35). The number of H-pyrrole nitrogens is 2. The van der Waals surface area contributed by atoms with E-state index >= 15 is 4.39 Å². The van der Waals surface area contributed by atoms with Crippen LogP contribution in [-0.4, -0.2) is 36.0 Å². The molecule has 1 fully saturated rings. The van der Waals surface area contributed by atoms with E-state index in [2.05, 4.69) is 35.5 Å². The van der Waals surface area contributed by atoms with Crippen molar-refractivity contribution in [3.05, 3.63) is 67.3 Å². The minimum absolute atomic E-state index is 0.00465. The van der Waals surface area contributed by atoms with Crippen molar-refractivity contribution in [2.24, 2.45) is 5.92 Å². The number of amides is 1. The summed E-state index contributed by atoms with van der Waals surface area (Å²) in [6.07, 6.45) is 13.2. The fourth-order valence-corrected chi connectivity index (χ4v) is 5.41. The Hall–Kier alpha value is -4.86. The molecule has 0 atom stereocenters. The average molecular weight is 522 g/mol. The number of aromatic nitrogens is 6. The second-order valence-corrected chi connectivity index (χ2v) is 9.86. The largest absolute Gasteiger partial charge is 0.472 e. The molecule has 10 heteroatoms. The molecule has 1 aliphatic rings. The van der Waals surface area contributed by atoms with Gasteiger partial charge in [0.25, 0.3) is 0 Å². The minimum atomic E-state index is -0.461. The van der Waals surface area contributed by atoms with Gasteiger partial charge < -0.3 is 14.7 Å². The first-order chi connectivity index (χ1) is 19.2. The Labute approximate surface area is 221 Å². The van der Waals surface area contributed by atoms with Crippen LogP contribution in [-0.2, 0) is 4.79 Å². The van der Waals surface area contributed by atoms with Gasteiger partial charge in [0.05, 0.1) is 40.8 Å². The van der Waals surface area contributed by atoms with Gasteiger partial charge in [0.1, 0.15) is 11.5 Å². The van der Waals surface area contributed by atoms with E-state index in [0.29, 0.717) is 50.4 Å². The molecule has 5 heterocycles. The third-order valence-electron chi connectivity index (χ3n) is 7.41. The van der Waals surface area contributed by atoms with Crippen LogP contribution in [0.15, 0.2) is 65.9 Å². The number of furan rings is 1. The summed E-state index contributed by atoms with van der Waals surface area (Å²) in [5.74, 6) is -0.0640. The number of hydrogen-bond donors (Lipinski definition) is 3. The topological polar surface area (TPSA) is 125 Å². The van der Waals surface area contributed by atoms with E-state index in [4.69, 9.17) is 4.42 Å². The number of rotatable bonds is 5. The van der Waals surface area contributed by atoms with Crippen molar-refractivity contribution in [1.82, 2.24) is 30.1 Å². The molecule has 0 aliphatic heterocycles. The molecule has 6 aromatic rings. The Morgan fingerprint density at radius 2 is 1.95 bits per heavy atom. The minimum Gasteiger partial charge on any atom is -0.472 e. The molecule has 0 spiro atoms. The van der Waals surface area contributed by atoms with Gasteiger partial charge in [0.2, 0.25) is 5.91 Å². The molecule has 0 radical (unpaired) electrons. The SMILES string of the molecule is O=C(Nc1cncc(-c2ccc3[nH]nc(-c4nc5nccc(-c6ccoc6)c5[nH]4)c3c2F)c1)C1CCCCC1. The fourth-order valence-electron chi connectivity index (χ4n) is 5.41. The zero-order valence-corrected chi connectivity index (χ0v) is 20.9. The van der Waals surface area contributed by atoms with Crippen molar-refractivity contribution in [1.29, 1.82) is 0 Å². The maximum absolute atomic E-state index is 16.1. The highest BCUT2D eigenvalue weighted by atomic mass is 19.1. The molecule has 9 nitrogen and oxygen atoms in total. The Bertz CT molecular complexity index is 1820. The van der Waals surface area contributed by atoms with Crippen LogP contribution in [0.4, 0.5) is 10.1 Å². The first kappa shape index (κ1) is 23.3. The highest BCUT2D eigenvalue weighted by Gasteiger charge is 2.23. The molecule has 0 bridgehead atoms. The van der Waals surface area contributed by atoms with Crippen LogP contribution in [0, 0.1) is 11.7 Å². The first-order valence-corrected chi connectivity index (χ1v) is 13.0. The summed E-state index contributed by atoms with van der Waals surface area (Å²) in [5, 5.41) is 10.6. The van der Waals surface area contributed by atoms with E-state index < -0.39 is 5.82 Å².